The summed E-state index contributed by atoms with van der Waals surface area (Å²) in [6.07, 6.45) is 1.50. The van der Waals surface area contributed by atoms with Gasteiger partial charge < -0.3 is 18.6 Å². The van der Waals surface area contributed by atoms with Gasteiger partial charge in [-0.05, 0) is 60.2 Å². The zero-order chi connectivity index (χ0) is 29.2. The molecule has 0 spiro atoms. The minimum absolute atomic E-state index is 0.155. The van der Waals surface area contributed by atoms with Gasteiger partial charge in [0.15, 0.2) is 17.3 Å². The zero-order valence-corrected chi connectivity index (χ0v) is 24.1. The molecule has 8 nitrogen and oxygen atoms in total. The van der Waals surface area contributed by atoms with Crippen molar-refractivity contribution in [3.05, 3.63) is 117 Å². The Labute approximate surface area is 247 Å². The summed E-state index contributed by atoms with van der Waals surface area (Å²) >= 11 is 3.50. The lowest BCUT2D eigenvalue weighted by Gasteiger charge is -2.14. The fraction of sp³-hybridized carbons (Fsp3) is 0.0938. The topological polar surface area (TPSA) is 88.1 Å². The van der Waals surface area contributed by atoms with Crippen molar-refractivity contribution in [2.24, 2.45) is 5.10 Å². The summed E-state index contributed by atoms with van der Waals surface area (Å²) in [5.41, 5.74) is 2.00. The third-order valence-electron chi connectivity index (χ3n) is 6.59. The molecular weight excluding hydrogens is 605 g/mol. The third-order valence-corrected chi connectivity index (χ3v) is 7.05. The Balaban J connectivity index is 1.48. The standard InChI is InChI=1S/C32H23BrFN3O5/c1-39-26-8-5-9-27-24(26)16-29(42-27)31-36-25-7-4-3-6-23(25)32(38)37(31)35-17-20-14-21(33)15-28(40-2)30(20)41-18-19-10-12-22(34)13-11-19/h3-17H,18H2,1-2H3. The molecule has 2 heterocycles. The first-order chi connectivity index (χ1) is 20.4. The zero-order valence-electron chi connectivity index (χ0n) is 22.5. The SMILES string of the molecule is COc1cc(Br)cc(C=Nn2c(-c3cc4c(OC)cccc4o3)nc3ccccc3c2=O)c1OCc1ccc(F)cc1. The first-order valence-electron chi connectivity index (χ1n) is 12.8. The van der Waals surface area contributed by atoms with Crippen LogP contribution in [0.15, 0.2) is 104 Å². The van der Waals surface area contributed by atoms with Crippen LogP contribution in [-0.2, 0) is 6.61 Å². The average molecular weight is 628 g/mol. The highest BCUT2D eigenvalue weighted by Crippen LogP contribution is 2.35. The predicted octanol–water partition coefficient (Wildman–Crippen LogP) is 7.19. The molecule has 0 amide bonds. The molecule has 210 valence electrons. The van der Waals surface area contributed by atoms with E-state index in [1.54, 1.807) is 55.6 Å². The minimum Gasteiger partial charge on any atom is -0.496 e. The fourth-order valence-corrected chi connectivity index (χ4v) is 5.01. The van der Waals surface area contributed by atoms with Gasteiger partial charge in [-0.1, -0.05) is 46.3 Å². The summed E-state index contributed by atoms with van der Waals surface area (Å²) in [7, 11) is 3.11. The highest BCUT2D eigenvalue weighted by atomic mass is 79.9. The van der Waals surface area contributed by atoms with Gasteiger partial charge in [-0.2, -0.15) is 9.78 Å². The van der Waals surface area contributed by atoms with Crippen molar-refractivity contribution in [1.82, 2.24) is 9.66 Å². The van der Waals surface area contributed by atoms with Gasteiger partial charge >= 0.3 is 0 Å². The summed E-state index contributed by atoms with van der Waals surface area (Å²) in [6, 6.07) is 23.8. The van der Waals surface area contributed by atoms with Crippen molar-refractivity contribution in [2.75, 3.05) is 14.2 Å². The number of methoxy groups -OCH3 is 2. The Morgan fingerprint density at radius 2 is 1.74 bits per heavy atom. The first kappa shape index (κ1) is 27.2. The third kappa shape index (κ3) is 5.24. The molecule has 0 aliphatic heterocycles. The van der Waals surface area contributed by atoms with E-state index in [2.05, 4.69) is 21.0 Å². The van der Waals surface area contributed by atoms with Crippen molar-refractivity contribution in [3.63, 3.8) is 0 Å². The molecule has 6 rings (SSSR count). The number of hydrogen-bond donors (Lipinski definition) is 0. The highest BCUT2D eigenvalue weighted by Gasteiger charge is 2.19. The van der Waals surface area contributed by atoms with E-state index in [1.807, 2.05) is 24.3 Å². The van der Waals surface area contributed by atoms with Gasteiger partial charge in [0.05, 0.1) is 36.7 Å². The summed E-state index contributed by atoms with van der Waals surface area (Å²) in [6.45, 7) is 0.155. The van der Waals surface area contributed by atoms with Gasteiger partial charge in [0, 0.05) is 10.0 Å². The molecule has 0 bridgehead atoms. The normalized spacial score (nSPS) is 11.4. The van der Waals surface area contributed by atoms with Crippen LogP contribution in [0.4, 0.5) is 4.39 Å². The van der Waals surface area contributed by atoms with Gasteiger partial charge in [0.1, 0.15) is 23.8 Å². The molecule has 0 atom stereocenters. The molecule has 6 aromatic rings. The molecule has 0 N–H and O–H groups in total. The lowest BCUT2D eigenvalue weighted by Crippen LogP contribution is -2.20. The quantitative estimate of drug-likeness (QED) is 0.166. The van der Waals surface area contributed by atoms with Gasteiger partial charge in [0.2, 0.25) is 5.82 Å². The number of rotatable bonds is 8. The second-order valence-corrected chi connectivity index (χ2v) is 10.2. The maximum absolute atomic E-state index is 13.7. The second kappa shape index (κ2) is 11.5. The van der Waals surface area contributed by atoms with Crippen molar-refractivity contribution in [1.29, 1.82) is 0 Å². The van der Waals surface area contributed by atoms with Crippen LogP contribution in [0.5, 0.6) is 17.2 Å². The van der Waals surface area contributed by atoms with Crippen molar-refractivity contribution in [2.45, 2.75) is 6.61 Å². The van der Waals surface area contributed by atoms with E-state index in [0.717, 1.165) is 10.9 Å². The van der Waals surface area contributed by atoms with Crippen LogP contribution in [0.25, 0.3) is 33.5 Å². The van der Waals surface area contributed by atoms with Gasteiger partial charge in [0.25, 0.3) is 5.56 Å². The van der Waals surface area contributed by atoms with Gasteiger partial charge in [-0.3, -0.25) is 4.79 Å². The predicted molar refractivity (Wildman–Crippen MR) is 162 cm³/mol. The number of fused-ring (bicyclic) bond motifs is 2. The maximum Gasteiger partial charge on any atom is 0.282 e. The smallest absolute Gasteiger partial charge is 0.282 e. The van der Waals surface area contributed by atoms with E-state index in [0.29, 0.717) is 49.5 Å². The molecule has 0 fully saturated rings. The minimum atomic E-state index is -0.380. The molecule has 0 aliphatic carbocycles. The molecule has 42 heavy (non-hydrogen) atoms. The Bertz CT molecular complexity index is 2020. The number of para-hydroxylation sites is 1. The molecule has 0 radical (unpaired) electrons. The molecule has 0 aliphatic rings. The van der Waals surface area contributed by atoms with Gasteiger partial charge in [-0.15, -0.1) is 0 Å². The second-order valence-electron chi connectivity index (χ2n) is 9.24. The van der Waals surface area contributed by atoms with E-state index in [-0.39, 0.29) is 23.8 Å². The monoisotopic (exact) mass is 627 g/mol. The van der Waals surface area contributed by atoms with Crippen LogP contribution in [-0.4, -0.2) is 30.1 Å². The van der Waals surface area contributed by atoms with E-state index in [1.165, 1.54) is 30.1 Å². The van der Waals surface area contributed by atoms with E-state index in [9.17, 15) is 9.18 Å². The van der Waals surface area contributed by atoms with E-state index in [4.69, 9.17) is 23.6 Å². The largest absolute Gasteiger partial charge is 0.496 e. The Morgan fingerprint density at radius 3 is 2.52 bits per heavy atom. The summed E-state index contributed by atoms with van der Waals surface area (Å²) in [5.74, 6) is 1.69. The van der Waals surface area contributed by atoms with E-state index < -0.39 is 0 Å². The Kier molecular flexibility index (Phi) is 7.45. The van der Waals surface area contributed by atoms with Crippen LogP contribution in [0, 0.1) is 5.82 Å². The summed E-state index contributed by atoms with van der Waals surface area (Å²) in [5, 5.41) is 5.71. The van der Waals surface area contributed by atoms with Crippen LogP contribution in [0.2, 0.25) is 0 Å². The Morgan fingerprint density at radius 1 is 0.952 bits per heavy atom. The van der Waals surface area contributed by atoms with Crippen molar-refractivity contribution < 1.29 is 23.0 Å². The van der Waals surface area contributed by atoms with E-state index >= 15 is 0 Å². The van der Waals surface area contributed by atoms with Crippen molar-refractivity contribution >= 4 is 44.0 Å². The lowest BCUT2D eigenvalue weighted by atomic mass is 10.2. The summed E-state index contributed by atoms with van der Waals surface area (Å²) in [4.78, 5) is 18.5. The van der Waals surface area contributed by atoms with Gasteiger partial charge in [-0.25, -0.2) is 9.37 Å². The molecule has 0 saturated carbocycles. The molecule has 2 aromatic heterocycles. The van der Waals surface area contributed by atoms with Crippen molar-refractivity contribution in [3.8, 4) is 28.8 Å². The van der Waals surface area contributed by atoms with Crippen LogP contribution < -0.4 is 19.8 Å². The maximum atomic E-state index is 13.7. The van der Waals surface area contributed by atoms with Crippen LogP contribution >= 0.6 is 15.9 Å². The lowest BCUT2D eigenvalue weighted by molar-refractivity contribution is 0.284. The number of benzene rings is 4. The molecule has 4 aromatic carbocycles. The number of aromatic nitrogens is 2. The number of hydrogen-bond acceptors (Lipinski definition) is 7. The molecular formula is C32H23BrFN3O5. The van der Waals surface area contributed by atoms with Crippen LogP contribution in [0.3, 0.4) is 0 Å². The highest BCUT2D eigenvalue weighted by molar-refractivity contribution is 9.10. The summed E-state index contributed by atoms with van der Waals surface area (Å²) < 4.78 is 38.6. The number of nitrogens with zero attached hydrogens (tertiary/aromatic N) is 3. The first-order valence-corrected chi connectivity index (χ1v) is 13.6. The molecule has 0 saturated heterocycles. The number of ether oxygens (including phenoxy) is 3. The average Bonchev–Trinajstić information content (AvgIpc) is 3.45. The fourth-order valence-electron chi connectivity index (χ4n) is 4.56. The number of halogens is 2. The molecule has 0 unspecified atom stereocenters. The molecule has 10 heteroatoms. The Hall–Kier alpha value is -4.96. The number of furan rings is 1. The van der Waals surface area contributed by atoms with Crippen LogP contribution in [0.1, 0.15) is 11.1 Å².